The first-order valence-electron chi connectivity index (χ1n) is 5.96. The summed E-state index contributed by atoms with van der Waals surface area (Å²) in [6.07, 6.45) is 0. The van der Waals surface area contributed by atoms with E-state index in [2.05, 4.69) is 0 Å². The third kappa shape index (κ3) is 3.29. The molecule has 2 aromatic rings. The number of benzene rings is 2. The van der Waals surface area contributed by atoms with E-state index in [-0.39, 0.29) is 18.2 Å². The van der Waals surface area contributed by atoms with Crippen molar-refractivity contribution in [1.29, 1.82) is 0 Å². The van der Waals surface area contributed by atoms with E-state index in [0.717, 1.165) is 11.1 Å². The van der Waals surface area contributed by atoms with E-state index in [0.29, 0.717) is 17.9 Å². The number of ether oxygens (including phenoxy) is 1. The Balaban J connectivity index is 2.18. The van der Waals surface area contributed by atoms with Gasteiger partial charge in [-0.05, 0) is 41.8 Å². The van der Waals surface area contributed by atoms with Crippen LogP contribution in [0.2, 0.25) is 0 Å². The van der Waals surface area contributed by atoms with E-state index in [1.54, 1.807) is 12.1 Å². The number of nitrogens with two attached hydrogens (primary N) is 1. The summed E-state index contributed by atoms with van der Waals surface area (Å²) in [6, 6.07) is 8.70. The first kappa shape index (κ1) is 13.5. The molecular formula is C15H15F2NO. The summed E-state index contributed by atoms with van der Waals surface area (Å²) in [7, 11) is 0. The van der Waals surface area contributed by atoms with Gasteiger partial charge in [0.25, 0.3) is 0 Å². The van der Waals surface area contributed by atoms with Crippen LogP contribution in [0.3, 0.4) is 0 Å². The van der Waals surface area contributed by atoms with Gasteiger partial charge >= 0.3 is 0 Å². The van der Waals surface area contributed by atoms with Crippen molar-refractivity contribution in [2.45, 2.75) is 20.1 Å². The molecule has 0 amide bonds. The largest absolute Gasteiger partial charge is 0.489 e. The lowest BCUT2D eigenvalue weighted by Gasteiger charge is -2.12. The molecular weight excluding hydrogens is 248 g/mol. The van der Waals surface area contributed by atoms with Gasteiger partial charge in [0, 0.05) is 12.6 Å². The third-order valence-electron chi connectivity index (χ3n) is 2.92. The summed E-state index contributed by atoms with van der Waals surface area (Å²) in [4.78, 5) is 0. The lowest BCUT2D eigenvalue weighted by molar-refractivity contribution is 0.300. The number of hydrogen-bond donors (Lipinski definition) is 1. The first-order chi connectivity index (χ1) is 9.10. The van der Waals surface area contributed by atoms with Crippen molar-refractivity contribution in [3.8, 4) is 5.75 Å². The Bertz CT molecular complexity index is 584. The van der Waals surface area contributed by atoms with Crippen molar-refractivity contribution in [1.82, 2.24) is 0 Å². The zero-order valence-corrected chi connectivity index (χ0v) is 10.6. The highest BCUT2D eigenvalue weighted by Crippen LogP contribution is 2.21. The molecule has 0 aliphatic carbocycles. The molecule has 2 N–H and O–H groups in total. The van der Waals surface area contributed by atoms with Crippen LogP contribution in [0.4, 0.5) is 8.78 Å². The van der Waals surface area contributed by atoms with Crippen LogP contribution < -0.4 is 10.5 Å². The molecule has 2 rings (SSSR count). The molecule has 0 aromatic heterocycles. The predicted molar refractivity (Wildman–Crippen MR) is 69.8 cm³/mol. The molecule has 19 heavy (non-hydrogen) atoms. The molecule has 0 radical (unpaired) electrons. The second-order valence-corrected chi connectivity index (χ2v) is 4.32. The molecule has 0 aliphatic heterocycles. The van der Waals surface area contributed by atoms with Gasteiger partial charge in [0.15, 0.2) is 0 Å². The van der Waals surface area contributed by atoms with Crippen LogP contribution in [-0.4, -0.2) is 0 Å². The molecule has 0 aliphatic rings. The Morgan fingerprint density at radius 3 is 2.42 bits per heavy atom. The number of rotatable bonds is 4. The van der Waals surface area contributed by atoms with E-state index in [9.17, 15) is 8.78 Å². The minimum Gasteiger partial charge on any atom is -0.489 e. The Morgan fingerprint density at radius 1 is 1.00 bits per heavy atom. The van der Waals surface area contributed by atoms with Crippen LogP contribution in [0.5, 0.6) is 5.75 Å². The number of hydrogen-bond acceptors (Lipinski definition) is 2. The molecule has 0 bridgehead atoms. The van der Waals surface area contributed by atoms with Gasteiger partial charge in [0.1, 0.15) is 24.0 Å². The highest BCUT2D eigenvalue weighted by atomic mass is 19.1. The molecule has 0 heterocycles. The zero-order chi connectivity index (χ0) is 13.8. The highest BCUT2D eigenvalue weighted by Gasteiger charge is 2.06. The van der Waals surface area contributed by atoms with Crippen molar-refractivity contribution in [2.75, 3.05) is 0 Å². The van der Waals surface area contributed by atoms with Crippen molar-refractivity contribution >= 4 is 0 Å². The van der Waals surface area contributed by atoms with Crippen molar-refractivity contribution in [3.05, 3.63) is 64.7 Å². The summed E-state index contributed by atoms with van der Waals surface area (Å²) >= 11 is 0. The fourth-order valence-electron chi connectivity index (χ4n) is 1.81. The molecule has 0 spiro atoms. The summed E-state index contributed by atoms with van der Waals surface area (Å²) in [5, 5.41) is 0. The summed E-state index contributed by atoms with van der Waals surface area (Å²) in [5.74, 6) is -0.252. The van der Waals surface area contributed by atoms with Gasteiger partial charge in [-0.1, -0.05) is 12.1 Å². The van der Waals surface area contributed by atoms with E-state index < -0.39 is 0 Å². The predicted octanol–water partition coefficient (Wildman–Crippen LogP) is 3.31. The SMILES string of the molecule is Cc1ccc(F)cc1OCc1cc(F)ccc1CN. The first-order valence-corrected chi connectivity index (χ1v) is 5.96. The van der Waals surface area contributed by atoms with Gasteiger partial charge < -0.3 is 10.5 Å². The monoisotopic (exact) mass is 263 g/mol. The van der Waals surface area contributed by atoms with Crippen molar-refractivity contribution in [3.63, 3.8) is 0 Å². The summed E-state index contributed by atoms with van der Waals surface area (Å²) in [6.45, 7) is 2.29. The molecule has 0 unspecified atom stereocenters. The maximum atomic E-state index is 13.2. The van der Waals surface area contributed by atoms with E-state index in [1.807, 2.05) is 6.92 Å². The van der Waals surface area contributed by atoms with Crippen LogP contribution in [0, 0.1) is 18.6 Å². The van der Waals surface area contributed by atoms with Gasteiger partial charge in [-0.2, -0.15) is 0 Å². The highest BCUT2D eigenvalue weighted by molar-refractivity contribution is 5.34. The summed E-state index contributed by atoms with van der Waals surface area (Å²) in [5.41, 5.74) is 7.90. The van der Waals surface area contributed by atoms with Gasteiger partial charge in [-0.15, -0.1) is 0 Å². The number of aryl methyl sites for hydroxylation is 1. The molecule has 0 fully saturated rings. The molecule has 2 aromatic carbocycles. The van der Waals surface area contributed by atoms with Crippen LogP contribution in [0.15, 0.2) is 36.4 Å². The lowest BCUT2D eigenvalue weighted by Crippen LogP contribution is -2.06. The van der Waals surface area contributed by atoms with E-state index >= 15 is 0 Å². The normalized spacial score (nSPS) is 10.5. The average molecular weight is 263 g/mol. The van der Waals surface area contributed by atoms with E-state index in [1.165, 1.54) is 24.3 Å². The third-order valence-corrected chi connectivity index (χ3v) is 2.92. The van der Waals surface area contributed by atoms with Gasteiger partial charge in [0.05, 0.1) is 0 Å². The van der Waals surface area contributed by atoms with Crippen LogP contribution >= 0.6 is 0 Å². The Labute approximate surface area is 110 Å². The molecule has 0 saturated heterocycles. The average Bonchev–Trinajstić information content (AvgIpc) is 2.40. The minimum absolute atomic E-state index is 0.161. The standard InChI is InChI=1S/C15H15F2NO/c1-10-2-4-14(17)7-15(10)19-9-12-6-13(16)5-3-11(12)8-18/h2-7H,8-9,18H2,1H3. The maximum Gasteiger partial charge on any atom is 0.126 e. The Kier molecular flexibility index (Phi) is 4.12. The van der Waals surface area contributed by atoms with Crippen molar-refractivity contribution < 1.29 is 13.5 Å². The minimum atomic E-state index is -0.362. The van der Waals surface area contributed by atoms with Gasteiger partial charge in [0.2, 0.25) is 0 Å². The van der Waals surface area contributed by atoms with Gasteiger partial charge in [-0.3, -0.25) is 0 Å². The second-order valence-electron chi connectivity index (χ2n) is 4.32. The van der Waals surface area contributed by atoms with Crippen LogP contribution in [0.1, 0.15) is 16.7 Å². The molecule has 4 heteroatoms. The maximum absolute atomic E-state index is 13.2. The van der Waals surface area contributed by atoms with Crippen LogP contribution in [0.25, 0.3) is 0 Å². The van der Waals surface area contributed by atoms with E-state index in [4.69, 9.17) is 10.5 Å². The fourth-order valence-corrected chi connectivity index (χ4v) is 1.81. The lowest BCUT2D eigenvalue weighted by atomic mass is 10.1. The zero-order valence-electron chi connectivity index (χ0n) is 10.6. The topological polar surface area (TPSA) is 35.2 Å². The number of halogens is 2. The molecule has 2 nitrogen and oxygen atoms in total. The molecule has 0 saturated carbocycles. The Hall–Kier alpha value is -1.94. The fraction of sp³-hybridized carbons (Fsp3) is 0.200. The van der Waals surface area contributed by atoms with Crippen LogP contribution in [-0.2, 0) is 13.2 Å². The molecule has 100 valence electrons. The molecule has 0 atom stereocenters. The Morgan fingerprint density at radius 2 is 1.68 bits per heavy atom. The summed E-state index contributed by atoms with van der Waals surface area (Å²) < 4.78 is 31.9. The van der Waals surface area contributed by atoms with Crippen molar-refractivity contribution in [2.24, 2.45) is 5.73 Å². The smallest absolute Gasteiger partial charge is 0.126 e. The second kappa shape index (κ2) is 5.80. The quantitative estimate of drug-likeness (QED) is 0.918. The van der Waals surface area contributed by atoms with Gasteiger partial charge in [-0.25, -0.2) is 8.78 Å².